The fraction of sp³-hybridized carbons (Fsp3) is 0.350. The van der Waals surface area contributed by atoms with Crippen LogP contribution in [0.15, 0.2) is 42.5 Å². The van der Waals surface area contributed by atoms with Crippen LogP contribution in [0.25, 0.3) is 0 Å². The number of carbonyl (C=O) groups is 1. The van der Waals surface area contributed by atoms with Gasteiger partial charge in [-0.05, 0) is 50.3 Å². The van der Waals surface area contributed by atoms with Gasteiger partial charge in [0.2, 0.25) is 0 Å². The van der Waals surface area contributed by atoms with E-state index in [1.165, 1.54) is 0 Å². The number of nitrogens with zero attached hydrogens (tertiary/aromatic N) is 1. The zero-order chi connectivity index (χ0) is 18.9. The van der Waals surface area contributed by atoms with Gasteiger partial charge in [-0.3, -0.25) is 4.79 Å². The molecule has 0 atom stereocenters. The largest absolute Gasteiger partial charge is 0.424 e. The van der Waals surface area contributed by atoms with Crippen LogP contribution in [0.3, 0.4) is 0 Å². The molecule has 0 aromatic heterocycles. The smallest absolute Gasteiger partial charge is 0.311 e. The highest BCUT2D eigenvalue weighted by molar-refractivity contribution is 6.39. The topological polar surface area (TPSA) is 41.6 Å². The first-order valence-corrected chi connectivity index (χ1v) is 9.53. The van der Waals surface area contributed by atoms with Crippen LogP contribution in [0, 0.1) is 0 Å². The van der Waals surface area contributed by atoms with Crippen molar-refractivity contribution in [3.63, 3.8) is 0 Å². The number of hydrogen-bond donors (Lipinski definition) is 1. The SMILES string of the molecule is CCN(CC)CCCC(=O)Oc1ccccc1Nc1c(Cl)cccc1Cl.Cl. The number of hydrogen-bond acceptors (Lipinski definition) is 4. The molecular formula is C20H25Cl3N2O2. The van der Waals surface area contributed by atoms with Crippen molar-refractivity contribution in [3.8, 4) is 5.75 Å². The molecule has 1 N–H and O–H groups in total. The van der Waals surface area contributed by atoms with Crippen molar-refractivity contribution in [2.24, 2.45) is 0 Å². The van der Waals surface area contributed by atoms with Gasteiger partial charge >= 0.3 is 5.97 Å². The fourth-order valence-electron chi connectivity index (χ4n) is 2.57. The molecule has 0 aliphatic rings. The predicted octanol–water partition coefficient (Wildman–Crippen LogP) is 6.19. The van der Waals surface area contributed by atoms with Gasteiger partial charge in [0.25, 0.3) is 0 Å². The second kappa shape index (κ2) is 12.1. The van der Waals surface area contributed by atoms with Crippen LogP contribution in [0.1, 0.15) is 26.7 Å². The van der Waals surface area contributed by atoms with Crippen LogP contribution in [0.2, 0.25) is 10.0 Å². The molecule has 2 aromatic carbocycles. The summed E-state index contributed by atoms with van der Waals surface area (Å²) in [4.78, 5) is 14.5. The summed E-state index contributed by atoms with van der Waals surface area (Å²) in [7, 11) is 0. The molecule has 0 saturated heterocycles. The molecule has 0 unspecified atom stereocenters. The maximum Gasteiger partial charge on any atom is 0.311 e. The lowest BCUT2D eigenvalue weighted by atomic mass is 10.2. The highest BCUT2D eigenvalue weighted by Gasteiger charge is 2.12. The van der Waals surface area contributed by atoms with E-state index >= 15 is 0 Å². The molecule has 27 heavy (non-hydrogen) atoms. The number of rotatable bonds is 9. The van der Waals surface area contributed by atoms with E-state index in [1.807, 2.05) is 18.2 Å². The van der Waals surface area contributed by atoms with E-state index in [0.29, 0.717) is 33.6 Å². The van der Waals surface area contributed by atoms with Crippen LogP contribution < -0.4 is 10.1 Å². The lowest BCUT2D eigenvalue weighted by molar-refractivity contribution is -0.134. The highest BCUT2D eigenvalue weighted by Crippen LogP contribution is 2.35. The minimum absolute atomic E-state index is 0. The number of anilines is 2. The zero-order valence-electron chi connectivity index (χ0n) is 15.5. The molecular weight excluding hydrogens is 407 g/mol. The summed E-state index contributed by atoms with van der Waals surface area (Å²) < 4.78 is 5.54. The Morgan fingerprint density at radius 3 is 2.30 bits per heavy atom. The van der Waals surface area contributed by atoms with Crippen molar-refractivity contribution in [1.29, 1.82) is 0 Å². The molecule has 0 aliphatic carbocycles. The number of nitrogens with one attached hydrogen (secondary N) is 1. The van der Waals surface area contributed by atoms with Crippen LogP contribution in [-0.2, 0) is 4.79 Å². The summed E-state index contributed by atoms with van der Waals surface area (Å²) in [6.07, 6.45) is 1.14. The lowest BCUT2D eigenvalue weighted by Crippen LogP contribution is -2.24. The molecule has 0 fully saturated rings. The van der Waals surface area contributed by atoms with Crippen LogP contribution in [-0.4, -0.2) is 30.5 Å². The van der Waals surface area contributed by atoms with Crippen molar-refractivity contribution >= 4 is 53.0 Å². The Morgan fingerprint density at radius 2 is 1.67 bits per heavy atom. The number of carbonyl (C=O) groups excluding carboxylic acids is 1. The molecule has 148 valence electrons. The summed E-state index contributed by atoms with van der Waals surface area (Å²) in [6, 6.07) is 12.5. The van der Waals surface area contributed by atoms with E-state index in [1.54, 1.807) is 24.3 Å². The van der Waals surface area contributed by atoms with E-state index < -0.39 is 0 Å². The van der Waals surface area contributed by atoms with E-state index in [-0.39, 0.29) is 18.4 Å². The zero-order valence-corrected chi connectivity index (χ0v) is 17.8. The first kappa shape index (κ1) is 23.6. The second-order valence-electron chi connectivity index (χ2n) is 5.82. The minimum atomic E-state index is -0.253. The van der Waals surface area contributed by atoms with Crippen LogP contribution >= 0.6 is 35.6 Å². The molecule has 0 spiro atoms. The highest BCUT2D eigenvalue weighted by atomic mass is 35.5. The summed E-state index contributed by atoms with van der Waals surface area (Å²) in [6.45, 7) is 7.08. The van der Waals surface area contributed by atoms with Crippen LogP contribution in [0.5, 0.6) is 5.75 Å². The number of benzene rings is 2. The predicted molar refractivity (Wildman–Crippen MR) is 116 cm³/mol. The molecule has 0 amide bonds. The number of esters is 1. The van der Waals surface area contributed by atoms with E-state index in [2.05, 4.69) is 24.1 Å². The Labute approximate surface area is 177 Å². The second-order valence-corrected chi connectivity index (χ2v) is 6.64. The number of para-hydroxylation sites is 3. The monoisotopic (exact) mass is 430 g/mol. The number of ether oxygens (including phenoxy) is 1. The summed E-state index contributed by atoms with van der Waals surface area (Å²) in [5, 5.41) is 4.15. The van der Waals surface area contributed by atoms with Gasteiger partial charge in [0.15, 0.2) is 5.75 Å². The fourth-order valence-corrected chi connectivity index (χ4v) is 3.06. The van der Waals surface area contributed by atoms with Crippen molar-refractivity contribution in [2.45, 2.75) is 26.7 Å². The molecule has 0 bridgehead atoms. The van der Waals surface area contributed by atoms with E-state index in [4.69, 9.17) is 27.9 Å². The van der Waals surface area contributed by atoms with Gasteiger partial charge in [-0.1, -0.05) is 55.2 Å². The standard InChI is InChI=1S/C20H24Cl2N2O2.ClH/c1-3-24(4-2)14-8-13-19(25)26-18-12-6-5-11-17(18)23-20-15(21)9-7-10-16(20)22;/h5-7,9-12,23H,3-4,8,13-14H2,1-2H3;1H. The normalized spacial score (nSPS) is 10.4. The van der Waals surface area contributed by atoms with Gasteiger partial charge in [0.1, 0.15) is 0 Å². The Hall–Kier alpha value is -1.46. The quantitative estimate of drug-likeness (QED) is 0.380. The third-order valence-corrected chi connectivity index (χ3v) is 4.71. The van der Waals surface area contributed by atoms with Crippen LogP contribution in [0.4, 0.5) is 11.4 Å². The van der Waals surface area contributed by atoms with Crippen molar-refractivity contribution in [2.75, 3.05) is 25.0 Å². The molecule has 0 radical (unpaired) electrons. The molecule has 7 heteroatoms. The first-order valence-electron chi connectivity index (χ1n) is 8.78. The molecule has 0 heterocycles. The van der Waals surface area contributed by atoms with Crippen molar-refractivity contribution in [1.82, 2.24) is 4.90 Å². The average Bonchev–Trinajstić information content (AvgIpc) is 2.63. The summed E-state index contributed by atoms with van der Waals surface area (Å²) in [5.74, 6) is 0.202. The van der Waals surface area contributed by atoms with Gasteiger partial charge < -0.3 is 15.0 Å². The lowest BCUT2D eigenvalue weighted by Gasteiger charge is -2.17. The van der Waals surface area contributed by atoms with E-state index in [9.17, 15) is 4.79 Å². The Morgan fingerprint density at radius 1 is 1.04 bits per heavy atom. The Kier molecular flexibility index (Phi) is 10.6. The maximum absolute atomic E-state index is 12.2. The molecule has 4 nitrogen and oxygen atoms in total. The minimum Gasteiger partial charge on any atom is -0.424 e. The van der Waals surface area contributed by atoms with Gasteiger partial charge in [0.05, 0.1) is 21.4 Å². The van der Waals surface area contributed by atoms with E-state index in [0.717, 1.165) is 26.1 Å². The third-order valence-electron chi connectivity index (χ3n) is 4.08. The summed E-state index contributed by atoms with van der Waals surface area (Å²) >= 11 is 12.4. The Bertz CT molecular complexity index is 717. The molecule has 0 saturated carbocycles. The van der Waals surface area contributed by atoms with Gasteiger partial charge in [-0.2, -0.15) is 0 Å². The molecule has 2 aromatic rings. The molecule has 2 rings (SSSR count). The van der Waals surface area contributed by atoms with Gasteiger partial charge in [-0.15, -0.1) is 12.4 Å². The molecule has 0 aliphatic heterocycles. The van der Waals surface area contributed by atoms with Gasteiger partial charge in [-0.25, -0.2) is 0 Å². The Balaban J connectivity index is 0.00000364. The summed E-state index contributed by atoms with van der Waals surface area (Å²) in [5.41, 5.74) is 1.22. The van der Waals surface area contributed by atoms with Crippen molar-refractivity contribution in [3.05, 3.63) is 52.5 Å². The third kappa shape index (κ3) is 7.23. The first-order chi connectivity index (χ1) is 12.5. The van der Waals surface area contributed by atoms with Gasteiger partial charge in [0, 0.05) is 6.42 Å². The number of halogens is 3. The maximum atomic E-state index is 12.2. The van der Waals surface area contributed by atoms with Crippen molar-refractivity contribution < 1.29 is 9.53 Å². The average molecular weight is 432 g/mol.